The average Bonchev–Trinajstić information content (AvgIpc) is 3.17. The number of hydrogen-bond donors (Lipinski definition) is 0. The molecule has 0 aromatic carbocycles. The Morgan fingerprint density at radius 2 is 0.722 bits per heavy atom. The van der Waals surface area contributed by atoms with E-state index in [1.165, 1.54) is 44.9 Å². The molecular weight excluding hydrogens is 673 g/mol. The summed E-state index contributed by atoms with van der Waals surface area (Å²) in [7, 11) is 0. The topological polar surface area (TPSA) is 78.9 Å². The second-order valence-electron chi connectivity index (χ2n) is 14.2. The average molecular weight is 753 g/mol. The molecule has 6 nitrogen and oxygen atoms in total. The third-order valence-electron chi connectivity index (χ3n) is 8.95. The summed E-state index contributed by atoms with van der Waals surface area (Å²) in [6.45, 7) is 6.36. The molecule has 0 aliphatic rings. The molecule has 0 heterocycles. The van der Waals surface area contributed by atoms with Crippen molar-refractivity contribution in [1.29, 1.82) is 0 Å². The lowest BCUT2D eigenvalue weighted by Gasteiger charge is -2.18. The van der Waals surface area contributed by atoms with Crippen LogP contribution in [-0.2, 0) is 28.6 Å². The zero-order valence-corrected chi connectivity index (χ0v) is 35.0. The zero-order chi connectivity index (χ0) is 39.4. The minimum Gasteiger partial charge on any atom is -0.462 e. The maximum Gasteiger partial charge on any atom is 0.306 e. The molecule has 0 radical (unpaired) electrons. The van der Waals surface area contributed by atoms with Gasteiger partial charge >= 0.3 is 17.9 Å². The number of carbonyl (C=O) groups excluding carboxylic acids is 3. The predicted molar refractivity (Wildman–Crippen MR) is 228 cm³/mol. The summed E-state index contributed by atoms with van der Waals surface area (Å²) in [6, 6.07) is 0. The van der Waals surface area contributed by atoms with E-state index in [1.807, 2.05) is 0 Å². The van der Waals surface area contributed by atoms with E-state index in [9.17, 15) is 14.4 Å². The number of allylic oxidation sites excluding steroid dienone is 12. The van der Waals surface area contributed by atoms with Crippen molar-refractivity contribution >= 4 is 17.9 Å². The molecule has 0 aliphatic heterocycles. The Morgan fingerprint density at radius 1 is 0.389 bits per heavy atom. The smallest absolute Gasteiger partial charge is 0.306 e. The normalized spacial score (nSPS) is 12.7. The fraction of sp³-hybridized carbons (Fsp3) is 0.688. The number of unbranched alkanes of at least 4 members (excludes halogenated alkanes) is 15. The van der Waals surface area contributed by atoms with Crippen LogP contribution in [0.1, 0.15) is 194 Å². The third-order valence-corrected chi connectivity index (χ3v) is 8.95. The highest BCUT2D eigenvalue weighted by atomic mass is 16.6. The molecule has 308 valence electrons. The van der Waals surface area contributed by atoms with Crippen molar-refractivity contribution in [2.45, 2.75) is 200 Å². The highest BCUT2D eigenvalue weighted by Gasteiger charge is 2.19. The van der Waals surface area contributed by atoms with E-state index >= 15 is 0 Å². The summed E-state index contributed by atoms with van der Waals surface area (Å²) < 4.78 is 16.6. The molecule has 0 rings (SSSR count). The minimum atomic E-state index is -0.794. The molecule has 0 aromatic rings. The minimum absolute atomic E-state index is 0.0956. The highest BCUT2D eigenvalue weighted by Crippen LogP contribution is 2.12. The first-order valence-electron chi connectivity index (χ1n) is 21.9. The molecule has 54 heavy (non-hydrogen) atoms. The molecule has 1 atom stereocenters. The number of esters is 3. The van der Waals surface area contributed by atoms with Crippen molar-refractivity contribution in [2.75, 3.05) is 13.2 Å². The Balaban J connectivity index is 4.40. The second-order valence-corrected chi connectivity index (χ2v) is 14.2. The van der Waals surface area contributed by atoms with Crippen LogP contribution < -0.4 is 0 Å². The fourth-order valence-corrected chi connectivity index (χ4v) is 5.64. The lowest BCUT2D eigenvalue weighted by Crippen LogP contribution is -2.30. The molecule has 0 saturated heterocycles. The van der Waals surface area contributed by atoms with Crippen LogP contribution in [0.5, 0.6) is 0 Å². The molecule has 0 aromatic heterocycles. The van der Waals surface area contributed by atoms with E-state index in [4.69, 9.17) is 14.2 Å². The first-order chi connectivity index (χ1) is 26.5. The Labute approximate surface area is 332 Å². The predicted octanol–water partition coefficient (Wildman–Crippen LogP) is 13.9. The van der Waals surface area contributed by atoms with E-state index in [1.54, 1.807) is 0 Å². The van der Waals surface area contributed by atoms with Crippen LogP contribution in [0.25, 0.3) is 0 Å². The first kappa shape index (κ1) is 50.9. The molecule has 6 heteroatoms. The van der Waals surface area contributed by atoms with Gasteiger partial charge in [-0.2, -0.15) is 0 Å². The molecule has 0 amide bonds. The summed E-state index contributed by atoms with van der Waals surface area (Å²) >= 11 is 0. The molecule has 0 aliphatic carbocycles. The molecule has 0 saturated carbocycles. The zero-order valence-electron chi connectivity index (χ0n) is 35.0. The van der Waals surface area contributed by atoms with Crippen molar-refractivity contribution < 1.29 is 28.6 Å². The van der Waals surface area contributed by atoms with Gasteiger partial charge < -0.3 is 14.2 Å². The number of hydrogen-bond acceptors (Lipinski definition) is 6. The van der Waals surface area contributed by atoms with Gasteiger partial charge in [0.15, 0.2) is 6.10 Å². The van der Waals surface area contributed by atoms with Crippen molar-refractivity contribution in [3.63, 3.8) is 0 Å². The Bertz CT molecular complexity index is 1050. The van der Waals surface area contributed by atoms with Gasteiger partial charge in [-0.15, -0.1) is 0 Å². The third kappa shape index (κ3) is 40.0. The van der Waals surface area contributed by atoms with Crippen molar-refractivity contribution in [3.05, 3.63) is 72.9 Å². The Hall–Kier alpha value is -3.15. The number of rotatable bonds is 38. The van der Waals surface area contributed by atoms with E-state index in [0.717, 1.165) is 109 Å². The van der Waals surface area contributed by atoms with Crippen LogP contribution in [0.4, 0.5) is 0 Å². The standard InChI is InChI=1S/C48H80O6/c1-4-7-10-13-16-18-20-22-24-26-28-30-32-35-38-41-47(50)53-44-45(43-52-46(49)40-37-34-15-12-9-6-3)54-48(51)42-39-36-33-31-29-27-25-23-21-19-17-14-11-8-5-2/h7,10,16-19,22-25,28,30,45H,4-6,8-9,11-15,20-21,26-27,29,31-44H2,1-3H3/b10-7-,18-16-,19-17-,24-22-,25-23-,30-28-. The molecule has 0 bridgehead atoms. The quantitative estimate of drug-likeness (QED) is 0.0270. The van der Waals surface area contributed by atoms with Gasteiger partial charge in [-0.05, 0) is 89.9 Å². The Kier molecular flexibility index (Phi) is 40.1. The van der Waals surface area contributed by atoms with Gasteiger partial charge in [0.25, 0.3) is 0 Å². The maximum absolute atomic E-state index is 12.7. The van der Waals surface area contributed by atoms with Crippen molar-refractivity contribution in [2.24, 2.45) is 0 Å². The fourth-order valence-electron chi connectivity index (χ4n) is 5.64. The van der Waals surface area contributed by atoms with E-state index < -0.39 is 6.10 Å². The van der Waals surface area contributed by atoms with E-state index in [-0.39, 0.29) is 31.1 Å². The van der Waals surface area contributed by atoms with E-state index in [2.05, 4.69) is 93.7 Å². The first-order valence-corrected chi connectivity index (χ1v) is 21.9. The van der Waals surface area contributed by atoms with Gasteiger partial charge in [0.2, 0.25) is 0 Å². The number of ether oxygens (including phenoxy) is 3. The van der Waals surface area contributed by atoms with Gasteiger partial charge in [0.1, 0.15) is 13.2 Å². The van der Waals surface area contributed by atoms with Gasteiger partial charge in [-0.25, -0.2) is 0 Å². The lowest BCUT2D eigenvalue weighted by atomic mass is 10.1. The summed E-state index contributed by atoms with van der Waals surface area (Å²) in [4.78, 5) is 37.5. The van der Waals surface area contributed by atoms with Crippen molar-refractivity contribution in [1.82, 2.24) is 0 Å². The van der Waals surface area contributed by atoms with Crippen molar-refractivity contribution in [3.8, 4) is 0 Å². The molecular formula is C48H80O6. The monoisotopic (exact) mass is 753 g/mol. The highest BCUT2D eigenvalue weighted by molar-refractivity contribution is 5.71. The van der Waals surface area contributed by atoms with Crippen LogP contribution in [0.3, 0.4) is 0 Å². The van der Waals surface area contributed by atoms with E-state index in [0.29, 0.717) is 19.3 Å². The van der Waals surface area contributed by atoms with Crippen LogP contribution in [-0.4, -0.2) is 37.2 Å². The molecule has 0 fully saturated rings. The maximum atomic E-state index is 12.7. The van der Waals surface area contributed by atoms with Gasteiger partial charge in [0.05, 0.1) is 0 Å². The second kappa shape index (κ2) is 42.6. The van der Waals surface area contributed by atoms with Crippen LogP contribution in [0.2, 0.25) is 0 Å². The van der Waals surface area contributed by atoms with Gasteiger partial charge in [-0.1, -0.05) is 158 Å². The van der Waals surface area contributed by atoms with Crippen LogP contribution in [0, 0.1) is 0 Å². The van der Waals surface area contributed by atoms with Gasteiger partial charge in [0, 0.05) is 19.3 Å². The molecule has 1 unspecified atom stereocenters. The summed E-state index contributed by atoms with van der Waals surface area (Å²) in [5.74, 6) is -0.970. The summed E-state index contributed by atoms with van der Waals surface area (Å²) in [5, 5.41) is 0. The van der Waals surface area contributed by atoms with Gasteiger partial charge in [-0.3, -0.25) is 14.4 Å². The Morgan fingerprint density at radius 3 is 1.20 bits per heavy atom. The largest absolute Gasteiger partial charge is 0.462 e. The lowest BCUT2D eigenvalue weighted by molar-refractivity contribution is -0.167. The molecule has 0 spiro atoms. The van der Waals surface area contributed by atoms with Crippen LogP contribution >= 0.6 is 0 Å². The summed E-state index contributed by atoms with van der Waals surface area (Å²) in [6.07, 6.45) is 51.9. The molecule has 0 N–H and O–H groups in total. The summed E-state index contributed by atoms with van der Waals surface area (Å²) in [5.41, 5.74) is 0. The SMILES string of the molecule is CC/C=C\C/C=C\C/C=C\C/C=C\CCCCC(=O)OCC(COC(=O)CCCCCCCC)OC(=O)CCCCCCC/C=C\C/C=C\CCCCC. The number of carbonyl (C=O) groups is 3. The van der Waals surface area contributed by atoms with Crippen LogP contribution in [0.15, 0.2) is 72.9 Å².